The molecule has 0 saturated heterocycles. The van der Waals surface area contributed by atoms with E-state index in [1.807, 2.05) is 0 Å². The summed E-state index contributed by atoms with van der Waals surface area (Å²) in [7, 11) is 0. The van der Waals surface area contributed by atoms with Crippen molar-refractivity contribution < 1.29 is 0 Å². The van der Waals surface area contributed by atoms with Gasteiger partial charge in [0.2, 0.25) is 0 Å². The molecule has 0 radical (unpaired) electrons. The molecular weight excluding hydrogens is 232 g/mol. The summed E-state index contributed by atoms with van der Waals surface area (Å²) in [5.74, 6) is 1.67. The van der Waals surface area contributed by atoms with Crippen molar-refractivity contribution in [3.05, 3.63) is 17.3 Å². The van der Waals surface area contributed by atoms with E-state index >= 15 is 0 Å². The first-order valence-electron chi connectivity index (χ1n) is 5.95. The molecule has 0 bridgehead atoms. The van der Waals surface area contributed by atoms with Crippen molar-refractivity contribution in [3.8, 4) is 0 Å². The molecule has 90 valence electrons. The average Bonchev–Trinajstić information content (AvgIpc) is 3.12. The van der Waals surface area contributed by atoms with Crippen LogP contribution in [-0.2, 0) is 0 Å². The number of fused-ring (bicyclic) bond motifs is 1. The van der Waals surface area contributed by atoms with Crippen LogP contribution in [0.5, 0.6) is 0 Å². The van der Waals surface area contributed by atoms with E-state index in [-0.39, 0.29) is 0 Å². The molecule has 0 amide bonds. The number of hydrogen-bond acceptors (Lipinski definition) is 5. The first kappa shape index (κ1) is 10.9. The molecule has 1 aliphatic rings. The molecule has 0 aromatic carbocycles. The molecule has 0 aliphatic heterocycles. The molecule has 17 heavy (non-hydrogen) atoms. The zero-order valence-corrected chi connectivity index (χ0v) is 10.6. The van der Waals surface area contributed by atoms with Crippen LogP contribution in [0, 0.1) is 12.8 Å². The molecule has 2 aromatic heterocycles. The number of anilines is 1. The highest BCUT2D eigenvalue weighted by atomic mass is 32.1. The topological polar surface area (TPSA) is 63.8 Å². The summed E-state index contributed by atoms with van der Waals surface area (Å²) in [4.78, 5) is 8.67. The lowest BCUT2D eigenvalue weighted by molar-refractivity contribution is 0.643. The van der Waals surface area contributed by atoms with Gasteiger partial charge in [0.15, 0.2) is 0 Å². The van der Waals surface area contributed by atoms with Gasteiger partial charge in [0, 0.05) is 12.6 Å². The van der Waals surface area contributed by atoms with E-state index in [2.05, 4.69) is 27.6 Å². The smallest absolute Gasteiger partial charge is 0.147 e. The maximum atomic E-state index is 5.81. The van der Waals surface area contributed by atoms with Gasteiger partial charge in [-0.05, 0) is 36.6 Å². The summed E-state index contributed by atoms with van der Waals surface area (Å²) in [6, 6.07) is 0.357. The molecule has 3 rings (SSSR count). The van der Waals surface area contributed by atoms with Gasteiger partial charge in [-0.25, -0.2) is 9.97 Å². The van der Waals surface area contributed by atoms with Gasteiger partial charge >= 0.3 is 0 Å². The Balaban J connectivity index is 1.93. The molecule has 2 aromatic rings. The number of hydrogen-bond donors (Lipinski definition) is 2. The van der Waals surface area contributed by atoms with E-state index in [1.165, 1.54) is 18.4 Å². The molecule has 4 nitrogen and oxygen atoms in total. The van der Waals surface area contributed by atoms with Crippen molar-refractivity contribution in [2.45, 2.75) is 25.8 Å². The second-order valence-electron chi connectivity index (χ2n) is 4.64. The summed E-state index contributed by atoms with van der Waals surface area (Å²) < 4.78 is 1.14. The standard InChI is InChI=1S/C12H16N4S/c1-7-5-17-11-10(7)14-6-15-12(11)16-9(4-13)8-2-3-8/h5-6,8-9H,2-4,13H2,1H3,(H,14,15,16). The molecule has 3 N–H and O–H groups in total. The highest BCUT2D eigenvalue weighted by Crippen LogP contribution is 2.35. The van der Waals surface area contributed by atoms with Crippen LogP contribution in [0.15, 0.2) is 11.7 Å². The van der Waals surface area contributed by atoms with Crippen molar-refractivity contribution in [2.75, 3.05) is 11.9 Å². The average molecular weight is 248 g/mol. The van der Waals surface area contributed by atoms with Crippen molar-refractivity contribution in [1.29, 1.82) is 0 Å². The molecule has 1 atom stereocenters. The van der Waals surface area contributed by atoms with E-state index < -0.39 is 0 Å². The van der Waals surface area contributed by atoms with Gasteiger partial charge in [0.1, 0.15) is 12.1 Å². The number of nitrogens with two attached hydrogens (primary N) is 1. The third-order valence-electron chi connectivity index (χ3n) is 3.30. The number of nitrogens with zero attached hydrogens (tertiary/aromatic N) is 2. The summed E-state index contributed by atoms with van der Waals surface area (Å²) in [5, 5.41) is 5.61. The zero-order chi connectivity index (χ0) is 11.8. The van der Waals surface area contributed by atoms with Gasteiger partial charge in [-0.3, -0.25) is 0 Å². The summed E-state index contributed by atoms with van der Waals surface area (Å²) in [5.41, 5.74) is 8.08. The number of nitrogens with one attached hydrogen (secondary N) is 1. The van der Waals surface area contributed by atoms with E-state index in [1.54, 1.807) is 17.7 Å². The van der Waals surface area contributed by atoms with Crippen molar-refractivity contribution in [3.63, 3.8) is 0 Å². The lowest BCUT2D eigenvalue weighted by Gasteiger charge is -2.16. The SMILES string of the molecule is Cc1csc2c(NC(CN)C3CC3)ncnc12. The van der Waals surface area contributed by atoms with E-state index in [0.717, 1.165) is 22.0 Å². The Morgan fingerprint density at radius 3 is 3.06 bits per heavy atom. The predicted molar refractivity (Wildman–Crippen MR) is 71.3 cm³/mol. The monoisotopic (exact) mass is 248 g/mol. The van der Waals surface area contributed by atoms with Gasteiger partial charge < -0.3 is 11.1 Å². The first-order chi connectivity index (χ1) is 8.29. The molecule has 2 heterocycles. The largest absolute Gasteiger partial charge is 0.364 e. The molecular formula is C12H16N4S. The van der Waals surface area contributed by atoms with Crippen molar-refractivity contribution >= 4 is 27.4 Å². The third kappa shape index (κ3) is 2.00. The van der Waals surface area contributed by atoms with Crippen LogP contribution in [0.1, 0.15) is 18.4 Å². The maximum Gasteiger partial charge on any atom is 0.147 e. The van der Waals surface area contributed by atoms with E-state index in [0.29, 0.717) is 12.6 Å². The molecule has 1 saturated carbocycles. The van der Waals surface area contributed by atoms with Gasteiger partial charge in [-0.2, -0.15) is 0 Å². The lowest BCUT2D eigenvalue weighted by Crippen LogP contribution is -2.31. The van der Waals surface area contributed by atoms with Crippen molar-refractivity contribution in [2.24, 2.45) is 11.7 Å². The summed E-state index contributed by atoms with van der Waals surface area (Å²) >= 11 is 1.70. The van der Waals surface area contributed by atoms with Crippen LogP contribution < -0.4 is 11.1 Å². The zero-order valence-electron chi connectivity index (χ0n) is 9.81. The Bertz CT molecular complexity index is 532. The first-order valence-corrected chi connectivity index (χ1v) is 6.83. The number of aryl methyl sites for hydroxylation is 1. The fraction of sp³-hybridized carbons (Fsp3) is 0.500. The minimum Gasteiger partial charge on any atom is -0.364 e. The third-order valence-corrected chi connectivity index (χ3v) is 4.39. The predicted octanol–water partition coefficient (Wildman–Crippen LogP) is 2.15. The Kier molecular flexibility index (Phi) is 2.72. The normalized spacial score (nSPS) is 17.3. The Hall–Kier alpha value is -1.20. The number of thiophene rings is 1. The van der Waals surface area contributed by atoms with Crippen LogP contribution in [0.2, 0.25) is 0 Å². The van der Waals surface area contributed by atoms with Crippen LogP contribution >= 0.6 is 11.3 Å². The van der Waals surface area contributed by atoms with Crippen LogP contribution in [-0.4, -0.2) is 22.6 Å². The Morgan fingerprint density at radius 2 is 2.35 bits per heavy atom. The fourth-order valence-corrected chi connectivity index (χ4v) is 3.07. The highest BCUT2D eigenvalue weighted by molar-refractivity contribution is 7.18. The molecule has 0 spiro atoms. The minimum atomic E-state index is 0.357. The van der Waals surface area contributed by atoms with Crippen LogP contribution in [0.4, 0.5) is 5.82 Å². The second-order valence-corrected chi connectivity index (χ2v) is 5.52. The van der Waals surface area contributed by atoms with Gasteiger partial charge in [-0.1, -0.05) is 0 Å². The van der Waals surface area contributed by atoms with E-state index in [9.17, 15) is 0 Å². The number of rotatable bonds is 4. The highest BCUT2D eigenvalue weighted by Gasteiger charge is 2.30. The van der Waals surface area contributed by atoms with Crippen molar-refractivity contribution in [1.82, 2.24) is 9.97 Å². The second kappa shape index (κ2) is 4.23. The minimum absolute atomic E-state index is 0.357. The molecule has 1 fully saturated rings. The Morgan fingerprint density at radius 1 is 1.53 bits per heavy atom. The molecule has 1 aliphatic carbocycles. The summed E-state index contributed by atoms with van der Waals surface area (Å²) in [6.07, 6.45) is 4.20. The van der Waals surface area contributed by atoms with Gasteiger partial charge in [0.25, 0.3) is 0 Å². The molecule has 5 heteroatoms. The lowest BCUT2D eigenvalue weighted by atomic mass is 10.2. The van der Waals surface area contributed by atoms with Gasteiger partial charge in [0.05, 0.1) is 10.2 Å². The summed E-state index contributed by atoms with van der Waals surface area (Å²) in [6.45, 7) is 2.75. The van der Waals surface area contributed by atoms with E-state index in [4.69, 9.17) is 5.73 Å². The molecule has 1 unspecified atom stereocenters. The van der Waals surface area contributed by atoms with Gasteiger partial charge in [-0.15, -0.1) is 11.3 Å². The van der Waals surface area contributed by atoms with Crippen LogP contribution in [0.25, 0.3) is 10.2 Å². The Labute approximate surface area is 104 Å². The number of aromatic nitrogens is 2. The maximum absolute atomic E-state index is 5.81. The van der Waals surface area contributed by atoms with Crippen LogP contribution in [0.3, 0.4) is 0 Å². The quantitative estimate of drug-likeness (QED) is 0.870. The fourth-order valence-electron chi connectivity index (χ4n) is 2.12.